The van der Waals surface area contributed by atoms with Crippen LogP contribution in [0.15, 0.2) is 72.9 Å². The lowest BCUT2D eigenvalue weighted by atomic mass is 9.87. The van der Waals surface area contributed by atoms with Crippen molar-refractivity contribution in [2.45, 2.75) is 39.1 Å². The second-order valence-corrected chi connectivity index (χ2v) is 8.65. The third-order valence-electron chi connectivity index (χ3n) is 5.28. The molecule has 0 bridgehead atoms. The number of fused-ring (bicyclic) bond motifs is 1. The Balaban J connectivity index is 1.59. The van der Waals surface area contributed by atoms with Crippen LogP contribution in [0.2, 0.25) is 0 Å². The van der Waals surface area contributed by atoms with E-state index in [1.807, 2.05) is 24.4 Å². The monoisotopic (exact) mass is 422 g/mol. The van der Waals surface area contributed by atoms with Crippen LogP contribution in [0.1, 0.15) is 31.9 Å². The topological polar surface area (TPSA) is 14.2 Å². The van der Waals surface area contributed by atoms with Crippen LogP contribution in [0.5, 0.6) is 5.75 Å². The number of alkyl halides is 3. The van der Waals surface area contributed by atoms with E-state index in [9.17, 15) is 13.2 Å². The molecule has 0 amide bonds. The van der Waals surface area contributed by atoms with Crippen LogP contribution in [0.4, 0.5) is 13.2 Å². The zero-order valence-electron chi connectivity index (χ0n) is 17.6. The first-order chi connectivity index (χ1) is 14.6. The van der Waals surface area contributed by atoms with Gasteiger partial charge in [0.1, 0.15) is 5.75 Å². The second kappa shape index (κ2) is 7.80. The van der Waals surface area contributed by atoms with Crippen LogP contribution < -0.4 is 4.74 Å². The predicted molar refractivity (Wildman–Crippen MR) is 117 cm³/mol. The highest BCUT2D eigenvalue weighted by molar-refractivity contribution is 5.85. The summed E-state index contributed by atoms with van der Waals surface area (Å²) in [5.74, 6) is -0.229. The summed E-state index contributed by atoms with van der Waals surface area (Å²) in [6, 6.07) is 23.8. The summed E-state index contributed by atoms with van der Waals surface area (Å²) >= 11 is 0. The lowest BCUT2D eigenvalue weighted by Crippen LogP contribution is -2.16. The van der Waals surface area contributed by atoms with Crippen molar-refractivity contribution in [1.82, 2.24) is 4.57 Å². The zero-order chi connectivity index (χ0) is 22.2. The van der Waals surface area contributed by atoms with Crippen LogP contribution in [0, 0.1) is 6.07 Å². The molecular weight excluding hydrogens is 399 g/mol. The molecule has 0 aliphatic heterocycles. The molecule has 4 rings (SSSR count). The summed E-state index contributed by atoms with van der Waals surface area (Å²) in [7, 11) is 0. The number of benzene rings is 3. The average molecular weight is 422 g/mol. The number of hydrogen-bond acceptors (Lipinski definition) is 1. The number of hydrogen-bond donors (Lipinski definition) is 0. The first-order valence-corrected chi connectivity index (χ1v) is 10.0. The molecule has 4 aromatic rings. The van der Waals surface area contributed by atoms with Crippen LogP contribution in [-0.4, -0.2) is 10.9 Å². The summed E-state index contributed by atoms with van der Waals surface area (Å²) < 4.78 is 43.2. The first-order valence-electron chi connectivity index (χ1n) is 10.0. The van der Waals surface area contributed by atoms with E-state index in [4.69, 9.17) is 0 Å². The van der Waals surface area contributed by atoms with Gasteiger partial charge in [-0.1, -0.05) is 69.3 Å². The van der Waals surface area contributed by atoms with Crippen LogP contribution in [0.25, 0.3) is 22.0 Å². The highest BCUT2D eigenvalue weighted by Gasteiger charge is 2.30. The Morgan fingerprint density at radius 2 is 1.48 bits per heavy atom. The zero-order valence-corrected chi connectivity index (χ0v) is 17.6. The highest BCUT2D eigenvalue weighted by Crippen LogP contribution is 2.29. The van der Waals surface area contributed by atoms with E-state index >= 15 is 0 Å². The fourth-order valence-electron chi connectivity index (χ4n) is 3.57. The minimum Gasteiger partial charge on any atom is -0.406 e. The fraction of sp³-hybridized carbons (Fsp3) is 0.231. The molecule has 31 heavy (non-hydrogen) atoms. The van der Waals surface area contributed by atoms with Crippen LogP contribution in [0.3, 0.4) is 0 Å². The average Bonchev–Trinajstić information content (AvgIpc) is 3.09. The molecule has 2 nitrogen and oxygen atoms in total. The molecule has 1 radical (unpaired) electrons. The van der Waals surface area contributed by atoms with Crippen molar-refractivity contribution >= 4 is 10.9 Å². The summed E-state index contributed by atoms with van der Waals surface area (Å²) in [6.07, 6.45) is -2.76. The summed E-state index contributed by atoms with van der Waals surface area (Å²) in [5.41, 5.74) is 5.36. The SMILES string of the molecule is CC(C)(C)c1ccc(Cn2c[c]c3ccc(-c4ccc(OC(F)(F)F)cc4)cc32)cc1. The number of halogens is 3. The molecule has 0 N–H and O–H groups in total. The number of rotatable bonds is 4. The van der Waals surface area contributed by atoms with Gasteiger partial charge in [0, 0.05) is 29.7 Å². The molecule has 0 fully saturated rings. The summed E-state index contributed by atoms with van der Waals surface area (Å²) in [5, 5.41) is 0.993. The predicted octanol–water partition coefficient (Wildman–Crippen LogP) is 7.35. The Hall–Kier alpha value is -3.21. The number of aromatic nitrogens is 1. The quantitative estimate of drug-likeness (QED) is 0.335. The Bertz CT molecular complexity index is 1180. The van der Waals surface area contributed by atoms with Crippen molar-refractivity contribution in [3.05, 3.63) is 90.1 Å². The van der Waals surface area contributed by atoms with Crippen molar-refractivity contribution in [1.29, 1.82) is 0 Å². The minimum absolute atomic E-state index is 0.113. The van der Waals surface area contributed by atoms with Gasteiger partial charge in [0.15, 0.2) is 0 Å². The van der Waals surface area contributed by atoms with Crippen molar-refractivity contribution in [2.24, 2.45) is 0 Å². The Morgan fingerprint density at radius 1 is 0.839 bits per heavy atom. The fourth-order valence-corrected chi connectivity index (χ4v) is 3.57. The lowest BCUT2D eigenvalue weighted by molar-refractivity contribution is -0.274. The summed E-state index contributed by atoms with van der Waals surface area (Å²) in [4.78, 5) is 0. The van der Waals surface area contributed by atoms with Gasteiger partial charge in [-0.3, -0.25) is 0 Å². The maximum Gasteiger partial charge on any atom is 0.573 e. The highest BCUT2D eigenvalue weighted by atomic mass is 19.4. The van der Waals surface area contributed by atoms with Crippen molar-refractivity contribution in [3.63, 3.8) is 0 Å². The van der Waals surface area contributed by atoms with E-state index < -0.39 is 6.36 Å². The normalized spacial score (nSPS) is 12.3. The molecule has 0 aliphatic carbocycles. The van der Waals surface area contributed by atoms with Gasteiger partial charge in [-0.2, -0.15) is 0 Å². The van der Waals surface area contributed by atoms with E-state index in [1.165, 1.54) is 23.3 Å². The molecule has 159 valence electrons. The Labute approximate surface area is 179 Å². The summed E-state index contributed by atoms with van der Waals surface area (Å²) in [6.45, 7) is 7.30. The van der Waals surface area contributed by atoms with Crippen LogP contribution >= 0.6 is 0 Å². The molecule has 0 atom stereocenters. The maximum atomic E-state index is 12.4. The lowest BCUT2D eigenvalue weighted by Gasteiger charge is -2.19. The molecular formula is C26H23F3NO. The molecule has 1 aromatic heterocycles. The number of ether oxygens (including phenoxy) is 1. The van der Waals surface area contributed by atoms with Crippen molar-refractivity contribution in [2.75, 3.05) is 0 Å². The van der Waals surface area contributed by atoms with E-state index in [1.54, 1.807) is 12.1 Å². The maximum absolute atomic E-state index is 12.4. The minimum atomic E-state index is -4.69. The molecule has 5 heteroatoms. The smallest absolute Gasteiger partial charge is 0.406 e. The van der Waals surface area contributed by atoms with E-state index in [-0.39, 0.29) is 11.2 Å². The van der Waals surface area contributed by atoms with Crippen LogP contribution in [-0.2, 0) is 12.0 Å². The van der Waals surface area contributed by atoms with Crippen molar-refractivity contribution < 1.29 is 17.9 Å². The van der Waals surface area contributed by atoms with Gasteiger partial charge in [-0.25, -0.2) is 0 Å². The Morgan fingerprint density at radius 3 is 2.10 bits per heavy atom. The second-order valence-electron chi connectivity index (χ2n) is 8.65. The molecule has 0 saturated heterocycles. The van der Waals surface area contributed by atoms with Crippen molar-refractivity contribution in [3.8, 4) is 16.9 Å². The molecule has 0 unspecified atom stereocenters. The first kappa shape index (κ1) is 21.0. The standard InChI is InChI=1S/C26H23F3NO/c1-25(2,3)22-10-4-18(5-11-22)17-30-15-14-20-6-7-21(16-24(20)30)19-8-12-23(13-9-19)31-26(27,28)29/h4-13,15-16H,17H2,1-3H3. The van der Waals surface area contributed by atoms with E-state index in [0.29, 0.717) is 6.54 Å². The third kappa shape index (κ3) is 4.93. The van der Waals surface area contributed by atoms with E-state index in [0.717, 1.165) is 22.0 Å². The molecule has 0 saturated carbocycles. The Kier molecular flexibility index (Phi) is 5.29. The molecule has 0 aliphatic rings. The largest absolute Gasteiger partial charge is 0.573 e. The molecule has 0 spiro atoms. The van der Waals surface area contributed by atoms with E-state index in [2.05, 4.69) is 60.4 Å². The van der Waals surface area contributed by atoms with Gasteiger partial charge in [0.05, 0.1) is 0 Å². The van der Waals surface area contributed by atoms with Gasteiger partial charge >= 0.3 is 6.36 Å². The van der Waals surface area contributed by atoms with Gasteiger partial charge in [0.2, 0.25) is 0 Å². The van der Waals surface area contributed by atoms with Gasteiger partial charge in [-0.05, 0) is 45.9 Å². The molecule has 3 aromatic carbocycles. The van der Waals surface area contributed by atoms with Gasteiger partial charge < -0.3 is 9.30 Å². The van der Waals surface area contributed by atoms with Gasteiger partial charge in [-0.15, -0.1) is 13.2 Å². The van der Waals surface area contributed by atoms with Gasteiger partial charge in [0.25, 0.3) is 0 Å². The third-order valence-corrected chi connectivity index (χ3v) is 5.28. The molecule has 1 heterocycles. The number of nitrogens with zero attached hydrogens (tertiary/aromatic N) is 1.